The Hall–Kier alpha value is -2.91. The quantitative estimate of drug-likeness (QED) is 0.596. The van der Waals surface area contributed by atoms with E-state index in [0.717, 1.165) is 30.6 Å². The first-order valence-electron chi connectivity index (χ1n) is 13.7. The summed E-state index contributed by atoms with van der Waals surface area (Å²) in [6, 6.07) is 13.8. The maximum Gasteiger partial charge on any atom is 0.243 e. The molecule has 0 aliphatic carbocycles. The lowest BCUT2D eigenvalue weighted by atomic mass is 9.95. The Bertz CT molecular complexity index is 1320. The third-order valence-electron chi connectivity index (χ3n) is 8.26. The van der Waals surface area contributed by atoms with E-state index in [9.17, 15) is 18.0 Å². The number of anilines is 2. The fourth-order valence-electron chi connectivity index (χ4n) is 6.16. The summed E-state index contributed by atoms with van der Waals surface area (Å²) >= 11 is 0. The van der Waals surface area contributed by atoms with Crippen LogP contribution >= 0.6 is 0 Å². The minimum absolute atomic E-state index is 0.0285. The first-order valence-corrected chi connectivity index (χ1v) is 15.1. The number of piperazine rings is 1. The maximum atomic E-state index is 13.4. The number of fused-ring (bicyclic) bond motifs is 1. The van der Waals surface area contributed by atoms with Gasteiger partial charge in [-0.1, -0.05) is 12.1 Å². The number of carbonyl (C=O) groups is 2. The molecule has 1 unspecified atom stereocenters. The predicted octanol–water partition coefficient (Wildman–Crippen LogP) is 3.43. The van der Waals surface area contributed by atoms with Gasteiger partial charge in [0.2, 0.25) is 21.8 Å². The topological polar surface area (TPSA) is 81.2 Å². The number of rotatable bonds is 4. The standard InChI is InChI=1S/C29H38N4O4S/c1-21-6-4-8-26(18-21)32-17-16-30(20-22(32)2)29(35)24-11-14-31(15-12-24)38(36,37)27-9-10-28-25(19-27)7-5-13-33(28)23(3)34/h4,6,8-10,18-19,22,24H,5,7,11-17,20H2,1-3H3. The molecule has 2 saturated heterocycles. The molecule has 5 rings (SSSR count). The van der Waals surface area contributed by atoms with E-state index in [4.69, 9.17) is 0 Å². The third-order valence-corrected chi connectivity index (χ3v) is 10.2. The van der Waals surface area contributed by atoms with Crippen molar-refractivity contribution in [3.8, 4) is 0 Å². The number of nitrogens with zero attached hydrogens (tertiary/aromatic N) is 4. The second kappa shape index (κ2) is 10.7. The van der Waals surface area contributed by atoms with E-state index in [-0.39, 0.29) is 28.7 Å². The van der Waals surface area contributed by atoms with E-state index >= 15 is 0 Å². The second-order valence-corrected chi connectivity index (χ2v) is 12.8. The van der Waals surface area contributed by atoms with E-state index in [1.165, 1.54) is 22.5 Å². The van der Waals surface area contributed by atoms with E-state index in [1.807, 2.05) is 4.90 Å². The molecule has 3 heterocycles. The van der Waals surface area contributed by atoms with Crippen LogP contribution in [0.2, 0.25) is 0 Å². The smallest absolute Gasteiger partial charge is 0.243 e. The van der Waals surface area contributed by atoms with Crippen molar-refractivity contribution in [1.29, 1.82) is 0 Å². The molecular formula is C29H38N4O4S. The van der Waals surface area contributed by atoms with Crippen LogP contribution in [0.15, 0.2) is 47.4 Å². The minimum Gasteiger partial charge on any atom is -0.365 e. The number of carbonyl (C=O) groups excluding carboxylic acids is 2. The fraction of sp³-hybridized carbons (Fsp3) is 0.517. The molecule has 0 spiro atoms. The first-order chi connectivity index (χ1) is 18.1. The van der Waals surface area contributed by atoms with Crippen LogP contribution in [0.3, 0.4) is 0 Å². The molecule has 38 heavy (non-hydrogen) atoms. The van der Waals surface area contributed by atoms with Crippen molar-refractivity contribution in [1.82, 2.24) is 9.21 Å². The van der Waals surface area contributed by atoms with E-state index < -0.39 is 10.0 Å². The fourth-order valence-corrected chi connectivity index (χ4v) is 7.68. The van der Waals surface area contributed by atoms with Crippen LogP contribution in [-0.2, 0) is 26.0 Å². The van der Waals surface area contributed by atoms with Crippen molar-refractivity contribution in [3.05, 3.63) is 53.6 Å². The van der Waals surface area contributed by atoms with Crippen molar-refractivity contribution in [2.24, 2.45) is 5.92 Å². The molecule has 2 aromatic carbocycles. The van der Waals surface area contributed by atoms with Crippen molar-refractivity contribution in [3.63, 3.8) is 0 Å². The Morgan fingerprint density at radius 1 is 0.947 bits per heavy atom. The number of piperidine rings is 1. The lowest BCUT2D eigenvalue weighted by Crippen LogP contribution is -2.55. The number of amides is 2. The minimum atomic E-state index is -3.66. The first kappa shape index (κ1) is 26.7. The van der Waals surface area contributed by atoms with Gasteiger partial charge in [0.1, 0.15) is 0 Å². The highest BCUT2D eigenvalue weighted by Crippen LogP contribution is 2.32. The van der Waals surface area contributed by atoms with E-state index in [0.29, 0.717) is 45.6 Å². The molecule has 8 nitrogen and oxygen atoms in total. The zero-order valence-electron chi connectivity index (χ0n) is 22.6. The van der Waals surface area contributed by atoms with Crippen LogP contribution in [0.25, 0.3) is 0 Å². The van der Waals surface area contributed by atoms with E-state index in [2.05, 4.69) is 43.0 Å². The Morgan fingerprint density at radius 3 is 2.39 bits per heavy atom. The van der Waals surface area contributed by atoms with Crippen molar-refractivity contribution >= 4 is 33.2 Å². The van der Waals surface area contributed by atoms with Gasteiger partial charge in [0, 0.05) is 69.5 Å². The van der Waals surface area contributed by atoms with Gasteiger partial charge in [0.25, 0.3) is 0 Å². The molecule has 3 aliphatic heterocycles. The molecule has 2 amide bonds. The normalized spacial score (nSPS) is 21.3. The molecule has 3 aliphatic rings. The summed E-state index contributed by atoms with van der Waals surface area (Å²) in [7, 11) is -3.66. The maximum absolute atomic E-state index is 13.4. The monoisotopic (exact) mass is 538 g/mol. The summed E-state index contributed by atoms with van der Waals surface area (Å²) in [5.74, 6) is -0.0259. The second-order valence-electron chi connectivity index (χ2n) is 10.9. The predicted molar refractivity (Wildman–Crippen MR) is 149 cm³/mol. The third kappa shape index (κ3) is 5.18. The van der Waals surface area contributed by atoms with Gasteiger partial charge in [-0.15, -0.1) is 0 Å². The summed E-state index contributed by atoms with van der Waals surface area (Å²) < 4.78 is 28.4. The summed E-state index contributed by atoms with van der Waals surface area (Å²) in [5, 5.41) is 0. The lowest BCUT2D eigenvalue weighted by molar-refractivity contribution is -0.137. The molecule has 0 bridgehead atoms. The summed E-state index contributed by atoms with van der Waals surface area (Å²) in [4.78, 5) is 31.7. The highest BCUT2D eigenvalue weighted by Gasteiger charge is 2.36. The van der Waals surface area contributed by atoms with Crippen LogP contribution in [0.1, 0.15) is 44.2 Å². The molecule has 9 heteroatoms. The largest absolute Gasteiger partial charge is 0.365 e. The number of hydrogen-bond acceptors (Lipinski definition) is 5. The molecule has 0 radical (unpaired) electrons. The van der Waals surface area contributed by atoms with Crippen molar-refractivity contribution in [2.45, 2.75) is 57.4 Å². The average Bonchev–Trinajstić information content (AvgIpc) is 2.92. The van der Waals surface area contributed by atoms with E-state index in [1.54, 1.807) is 23.1 Å². The van der Waals surface area contributed by atoms with Crippen LogP contribution < -0.4 is 9.80 Å². The van der Waals surface area contributed by atoms with Crippen molar-refractivity contribution < 1.29 is 18.0 Å². The molecule has 204 valence electrons. The molecule has 2 aromatic rings. The molecule has 1 atom stereocenters. The summed E-state index contributed by atoms with van der Waals surface area (Å²) in [6.45, 7) is 9.29. The molecule has 2 fully saturated rings. The SMILES string of the molecule is CC(=O)N1CCCc2cc(S(=O)(=O)N3CCC(C(=O)N4CCN(c5cccc(C)c5)C(C)C4)CC3)ccc21. The molecule has 0 aromatic heterocycles. The average molecular weight is 539 g/mol. The van der Waals surface area contributed by atoms with Gasteiger partial charge in [-0.3, -0.25) is 9.59 Å². The van der Waals surface area contributed by atoms with Crippen molar-refractivity contribution in [2.75, 3.05) is 49.1 Å². The zero-order valence-corrected chi connectivity index (χ0v) is 23.4. The number of hydrogen-bond donors (Lipinski definition) is 0. The molecular weight excluding hydrogens is 500 g/mol. The Morgan fingerprint density at radius 2 is 1.71 bits per heavy atom. The number of sulfonamides is 1. The highest BCUT2D eigenvalue weighted by molar-refractivity contribution is 7.89. The molecule has 0 N–H and O–H groups in total. The van der Waals surface area contributed by atoms with Gasteiger partial charge in [0.05, 0.1) is 4.90 Å². The van der Waals surface area contributed by atoms with Crippen LogP contribution in [-0.4, -0.2) is 74.7 Å². The lowest BCUT2D eigenvalue weighted by Gasteiger charge is -2.43. The Kier molecular flexibility index (Phi) is 7.51. The summed E-state index contributed by atoms with van der Waals surface area (Å²) in [6.07, 6.45) is 2.65. The van der Waals surface area contributed by atoms with Gasteiger partial charge in [0.15, 0.2) is 0 Å². The summed E-state index contributed by atoms with van der Waals surface area (Å²) in [5.41, 5.74) is 4.13. The Labute approximate surface area is 226 Å². The van der Waals surface area contributed by atoms with Crippen LogP contribution in [0.4, 0.5) is 11.4 Å². The number of aryl methyl sites for hydroxylation is 2. The van der Waals surface area contributed by atoms with Gasteiger partial charge >= 0.3 is 0 Å². The van der Waals surface area contributed by atoms with Gasteiger partial charge in [-0.25, -0.2) is 8.42 Å². The van der Waals surface area contributed by atoms with Gasteiger partial charge in [-0.2, -0.15) is 4.31 Å². The Balaban J connectivity index is 1.20. The highest BCUT2D eigenvalue weighted by atomic mass is 32.2. The molecule has 0 saturated carbocycles. The van der Waals surface area contributed by atoms with Crippen LogP contribution in [0.5, 0.6) is 0 Å². The van der Waals surface area contributed by atoms with Gasteiger partial charge in [-0.05, 0) is 81.0 Å². The van der Waals surface area contributed by atoms with Gasteiger partial charge < -0.3 is 14.7 Å². The number of benzene rings is 2. The zero-order chi connectivity index (χ0) is 27.0. The van der Waals surface area contributed by atoms with Crippen LogP contribution in [0, 0.1) is 12.8 Å².